The van der Waals surface area contributed by atoms with E-state index in [2.05, 4.69) is 27.3 Å². The maximum absolute atomic E-state index is 12.2. The van der Waals surface area contributed by atoms with Crippen LogP contribution in [-0.4, -0.2) is 115 Å². The minimum Gasteiger partial charge on any atom is -0.508 e. The lowest BCUT2D eigenvalue weighted by molar-refractivity contribution is -0.129. The fourth-order valence-corrected chi connectivity index (χ4v) is 6.44. The number of hydrogen-bond donors (Lipinski definition) is 1. The van der Waals surface area contributed by atoms with Gasteiger partial charge in [-0.25, -0.2) is 0 Å². The zero-order chi connectivity index (χ0) is 30.8. The number of phenols is 1. The number of aromatic nitrogens is 2. The number of fused-ring (bicyclic) bond motifs is 2. The Kier molecular flexibility index (Phi) is 8.56. The van der Waals surface area contributed by atoms with Gasteiger partial charge in [0, 0.05) is 82.0 Å². The molecule has 4 heterocycles. The number of piperazine rings is 1. The monoisotopic (exact) mass is 599 g/mol. The largest absolute Gasteiger partial charge is 0.508 e. The standard InChI is InChI=1S/C33H41N7O4/c1-4-30(42)38-13-15-39(16-14-38)32-27-10-12-40(29-18-25(41)17-24-7-5-6-8-26(24)29)20-28(27)34-33(35-32)44-22-23-9-11-37(19-23)21-31(43)36(2)3/h4-8,17-18,23,41H,1,9-16,19-22H2,2-3H3/t23-/m0/s1. The molecule has 0 spiro atoms. The van der Waals surface area contributed by atoms with Crippen molar-refractivity contribution in [2.75, 3.05) is 82.9 Å². The van der Waals surface area contributed by atoms with Crippen molar-refractivity contribution in [2.45, 2.75) is 19.4 Å². The van der Waals surface area contributed by atoms with E-state index in [1.165, 1.54) is 6.08 Å². The fourth-order valence-electron chi connectivity index (χ4n) is 6.44. The zero-order valence-corrected chi connectivity index (χ0v) is 25.6. The third-order valence-electron chi connectivity index (χ3n) is 8.93. The molecule has 232 valence electrons. The Hall–Kier alpha value is -4.38. The average molecular weight is 600 g/mol. The van der Waals surface area contributed by atoms with Gasteiger partial charge in [-0.1, -0.05) is 30.8 Å². The highest BCUT2D eigenvalue weighted by molar-refractivity contribution is 5.95. The Balaban J connectivity index is 1.24. The molecule has 0 saturated carbocycles. The van der Waals surface area contributed by atoms with Crippen molar-refractivity contribution in [3.63, 3.8) is 0 Å². The van der Waals surface area contributed by atoms with Crippen molar-refractivity contribution in [3.05, 3.63) is 60.3 Å². The molecule has 11 nitrogen and oxygen atoms in total. The molecule has 3 aromatic rings. The summed E-state index contributed by atoms with van der Waals surface area (Å²) in [5.41, 5.74) is 3.00. The second kappa shape index (κ2) is 12.7. The molecule has 0 unspecified atom stereocenters. The lowest BCUT2D eigenvalue weighted by atomic mass is 10.0. The summed E-state index contributed by atoms with van der Waals surface area (Å²) in [6.45, 7) is 10.1. The van der Waals surface area contributed by atoms with Crippen LogP contribution in [0, 0.1) is 5.92 Å². The van der Waals surface area contributed by atoms with Crippen LogP contribution in [0.2, 0.25) is 0 Å². The van der Waals surface area contributed by atoms with E-state index in [0.717, 1.165) is 66.0 Å². The van der Waals surface area contributed by atoms with Crippen molar-refractivity contribution in [2.24, 2.45) is 5.92 Å². The number of likely N-dealkylation sites (N-methyl/N-ethyl adjacent to an activating group) is 1. The number of hydrogen-bond acceptors (Lipinski definition) is 9. The second-order valence-electron chi connectivity index (χ2n) is 12.1. The molecule has 0 radical (unpaired) electrons. The van der Waals surface area contributed by atoms with Crippen molar-refractivity contribution in [1.82, 2.24) is 24.7 Å². The van der Waals surface area contributed by atoms with Crippen LogP contribution < -0.4 is 14.5 Å². The first-order valence-electron chi connectivity index (χ1n) is 15.4. The number of carbonyl (C=O) groups is 2. The Morgan fingerprint density at radius 3 is 2.64 bits per heavy atom. The first-order chi connectivity index (χ1) is 21.3. The van der Waals surface area contributed by atoms with Crippen LogP contribution in [0.15, 0.2) is 49.1 Å². The minimum absolute atomic E-state index is 0.0507. The van der Waals surface area contributed by atoms with E-state index in [1.54, 1.807) is 25.1 Å². The summed E-state index contributed by atoms with van der Waals surface area (Å²) in [5.74, 6) is 1.46. The Labute approximate surface area is 258 Å². The molecule has 6 rings (SSSR count). The van der Waals surface area contributed by atoms with Crippen molar-refractivity contribution < 1.29 is 19.4 Å². The first-order valence-corrected chi connectivity index (χ1v) is 15.4. The first kappa shape index (κ1) is 29.7. The predicted octanol–water partition coefficient (Wildman–Crippen LogP) is 2.52. The smallest absolute Gasteiger partial charge is 0.318 e. The number of anilines is 2. The predicted molar refractivity (Wildman–Crippen MR) is 170 cm³/mol. The number of carbonyl (C=O) groups excluding carboxylic acids is 2. The Morgan fingerprint density at radius 2 is 1.86 bits per heavy atom. The maximum Gasteiger partial charge on any atom is 0.318 e. The summed E-state index contributed by atoms with van der Waals surface area (Å²) >= 11 is 0. The Morgan fingerprint density at radius 1 is 1.07 bits per heavy atom. The molecular weight excluding hydrogens is 558 g/mol. The van der Waals surface area contributed by atoms with E-state index in [4.69, 9.17) is 14.7 Å². The van der Waals surface area contributed by atoms with Gasteiger partial charge in [-0.15, -0.1) is 0 Å². The molecule has 44 heavy (non-hydrogen) atoms. The molecule has 0 bridgehead atoms. The highest BCUT2D eigenvalue weighted by Gasteiger charge is 2.30. The number of nitrogens with zero attached hydrogens (tertiary/aromatic N) is 7. The third-order valence-corrected chi connectivity index (χ3v) is 8.93. The normalized spacial score (nSPS) is 18.8. The number of benzene rings is 2. The number of aromatic hydroxyl groups is 1. The second-order valence-corrected chi connectivity index (χ2v) is 12.1. The van der Waals surface area contributed by atoms with Crippen LogP contribution in [-0.2, 0) is 22.6 Å². The fraction of sp³-hybridized carbons (Fsp3) is 0.455. The van der Waals surface area contributed by atoms with E-state index in [-0.39, 0.29) is 23.5 Å². The molecule has 3 aliphatic rings. The van der Waals surface area contributed by atoms with Gasteiger partial charge in [-0.05, 0) is 36.9 Å². The van der Waals surface area contributed by atoms with Gasteiger partial charge < -0.3 is 29.4 Å². The SMILES string of the molecule is C=CC(=O)N1CCN(c2nc(OC[C@H]3CCN(CC(=O)N(C)C)C3)nc3c2CCN(c2cc(O)cc4ccccc24)C3)CC1. The van der Waals surface area contributed by atoms with E-state index in [0.29, 0.717) is 51.9 Å². The number of likely N-dealkylation sites (tertiary alicyclic amines) is 1. The van der Waals surface area contributed by atoms with E-state index in [1.807, 2.05) is 29.2 Å². The lowest BCUT2D eigenvalue weighted by Gasteiger charge is -2.38. The highest BCUT2D eigenvalue weighted by Crippen LogP contribution is 2.36. The molecule has 2 aromatic carbocycles. The molecule has 0 aliphatic carbocycles. The maximum atomic E-state index is 12.2. The highest BCUT2D eigenvalue weighted by atomic mass is 16.5. The molecule has 3 aliphatic heterocycles. The quantitative estimate of drug-likeness (QED) is 0.391. The average Bonchev–Trinajstić information content (AvgIpc) is 3.49. The number of rotatable bonds is 8. The van der Waals surface area contributed by atoms with Gasteiger partial charge in [0.05, 0.1) is 25.4 Å². The number of ether oxygens (including phenoxy) is 1. The summed E-state index contributed by atoms with van der Waals surface area (Å²) in [5, 5.41) is 12.6. The summed E-state index contributed by atoms with van der Waals surface area (Å²) in [7, 11) is 3.57. The lowest BCUT2D eigenvalue weighted by Crippen LogP contribution is -2.49. The van der Waals surface area contributed by atoms with Crippen LogP contribution in [0.25, 0.3) is 10.8 Å². The molecule has 1 atom stereocenters. The van der Waals surface area contributed by atoms with Crippen molar-refractivity contribution >= 4 is 34.1 Å². The molecule has 2 saturated heterocycles. The number of amides is 2. The summed E-state index contributed by atoms with van der Waals surface area (Å²) in [4.78, 5) is 44.4. The zero-order valence-electron chi connectivity index (χ0n) is 25.6. The summed E-state index contributed by atoms with van der Waals surface area (Å²) < 4.78 is 6.29. The minimum atomic E-state index is -0.0507. The van der Waals surface area contributed by atoms with Gasteiger partial charge in [-0.3, -0.25) is 14.5 Å². The van der Waals surface area contributed by atoms with E-state index >= 15 is 0 Å². The van der Waals surface area contributed by atoms with Crippen molar-refractivity contribution in [3.8, 4) is 11.8 Å². The molecule has 1 N–H and O–H groups in total. The van der Waals surface area contributed by atoms with Crippen LogP contribution in [0.1, 0.15) is 17.7 Å². The van der Waals surface area contributed by atoms with Gasteiger partial charge in [0.25, 0.3) is 0 Å². The molecular formula is C33H41N7O4. The van der Waals surface area contributed by atoms with Crippen LogP contribution in [0.5, 0.6) is 11.8 Å². The van der Waals surface area contributed by atoms with Crippen molar-refractivity contribution in [1.29, 1.82) is 0 Å². The molecule has 1 aromatic heterocycles. The van der Waals surface area contributed by atoms with Gasteiger partial charge in [0.1, 0.15) is 11.6 Å². The topological polar surface area (TPSA) is 106 Å². The summed E-state index contributed by atoms with van der Waals surface area (Å²) in [6, 6.07) is 12.1. The third kappa shape index (κ3) is 6.28. The summed E-state index contributed by atoms with van der Waals surface area (Å²) in [6.07, 6.45) is 3.07. The van der Waals surface area contributed by atoms with Gasteiger partial charge in [0.2, 0.25) is 11.8 Å². The Bertz CT molecular complexity index is 1550. The molecule has 2 fully saturated rings. The van der Waals surface area contributed by atoms with Crippen LogP contribution in [0.4, 0.5) is 11.5 Å². The number of phenolic OH excluding ortho intramolecular Hbond substituents is 1. The van der Waals surface area contributed by atoms with Gasteiger partial charge in [0.15, 0.2) is 0 Å². The van der Waals surface area contributed by atoms with Crippen LogP contribution >= 0.6 is 0 Å². The van der Waals surface area contributed by atoms with E-state index < -0.39 is 0 Å². The molecule has 2 amide bonds. The van der Waals surface area contributed by atoms with Crippen LogP contribution in [0.3, 0.4) is 0 Å². The van der Waals surface area contributed by atoms with Gasteiger partial charge >= 0.3 is 6.01 Å². The molecule has 11 heteroatoms. The van der Waals surface area contributed by atoms with Gasteiger partial charge in [-0.2, -0.15) is 9.97 Å². The van der Waals surface area contributed by atoms with E-state index in [9.17, 15) is 14.7 Å².